The molecule has 0 spiro atoms. The Labute approximate surface area is 223 Å². The van der Waals surface area contributed by atoms with Crippen molar-refractivity contribution in [2.45, 2.75) is 59.2 Å². The van der Waals surface area contributed by atoms with Gasteiger partial charge in [-0.2, -0.15) is 0 Å². The minimum Gasteiger partial charge on any atom is -0.483 e. The van der Waals surface area contributed by atoms with Crippen LogP contribution < -0.4 is 10.1 Å². The van der Waals surface area contributed by atoms with E-state index in [1.54, 1.807) is 4.90 Å². The number of nitrogens with zero attached hydrogens (tertiary/aromatic N) is 1. The number of ether oxygens (including phenoxy) is 1. The second kappa shape index (κ2) is 12.2. The molecule has 0 aromatic heterocycles. The maximum atomic E-state index is 13.7. The predicted octanol–water partition coefficient (Wildman–Crippen LogP) is 6.00. The van der Waals surface area contributed by atoms with Gasteiger partial charge in [-0.15, -0.1) is 0 Å². The summed E-state index contributed by atoms with van der Waals surface area (Å²) in [5, 5.41) is 3.08. The topological polar surface area (TPSA) is 58.6 Å². The molecule has 3 aromatic rings. The van der Waals surface area contributed by atoms with Crippen molar-refractivity contribution in [3.8, 4) is 5.75 Å². The summed E-state index contributed by atoms with van der Waals surface area (Å²) in [7, 11) is 0. The quantitative estimate of drug-likeness (QED) is 0.355. The molecule has 2 amide bonds. The van der Waals surface area contributed by atoms with Gasteiger partial charge in [0.25, 0.3) is 5.91 Å². The fourth-order valence-corrected chi connectivity index (χ4v) is 4.39. The molecule has 0 aliphatic heterocycles. The lowest BCUT2D eigenvalue weighted by molar-refractivity contribution is -0.143. The van der Waals surface area contributed by atoms with Crippen LogP contribution in [0.4, 0.5) is 0 Å². The molecule has 5 nitrogen and oxygen atoms in total. The number of aryl methyl sites for hydroxylation is 1. The van der Waals surface area contributed by atoms with Crippen molar-refractivity contribution in [2.24, 2.45) is 0 Å². The van der Waals surface area contributed by atoms with E-state index in [-0.39, 0.29) is 25.0 Å². The third-order valence-electron chi connectivity index (χ3n) is 5.92. The predicted molar refractivity (Wildman–Crippen MR) is 148 cm³/mol. The number of benzene rings is 3. The Morgan fingerprint density at radius 3 is 2.28 bits per heavy atom. The van der Waals surface area contributed by atoms with Gasteiger partial charge in [0.2, 0.25) is 5.91 Å². The van der Waals surface area contributed by atoms with E-state index in [4.69, 9.17) is 4.74 Å². The van der Waals surface area contributed by atoms with Crippen LogP contribution in [0.15, 0.2) is 77.3 Å². The number of amides is 2. The lowest BCUT2D eigenvalue weighted by atomic mass is 10.0. The van der Waals surface area contributed by atoms with Crippen molar-refractivity contribution in [2.75, 3.05) is 6.61 Å². The molecule has 0 aliphatic rings. The van der Waals surface area contributed by atoms with Crippen LogP contribution in [0.5, 0.6) is 5.75 Å². The molecular formula is C30H35BrN2O3. The van der Waals surface area contributed by atoms with E-state index in [0.717, 1.165) is 26.7 Å². The number of carbonyl (C=O) groups is 2. The third kappa shape index (κ3) is 7.95. The Morgan fingerprint density at radius 1 is 0.944 bits per heavy atom. The van der Waals surface area contributed by atoms with Gasteiger partial charge in [0, 0.05) is 23.0 Å². The summed E-state index contributed by atoms with van der Waals surface area (Å²) in [4.78, 5) is 28.9. The van der Waals surface area contributed by atoms with Crippen molar-refractivity contribution >= 4 is 27.7 Å². The van der Waals surface area contributed by atoms with E-state index in [1.807, 2.05) is 107 Å². The fourth-order valence-electron chi connectivity index (χ4n) is 3.94. The van der Waals surface area contributed by atoms with Crippen LogP contribution in [0, 0.1) is 13.8 Å². The van der Waals surface area contributed by atoms with E-state index in [2.05, 4.69) is 21.2 Å². The molecule has 1 atom stereocenters. The molecule has 36 heavy (non-hydrogen) atoms. The number of rotatable bonds is 9. The molecule has 0 saturated heterocycles. The molecule has 0 heterocycles. The summed E-state index contributed by atoms with van der Waals surface area (Å²) in [6.07, 6.45) is 0.395. The Kier molecular flexibility index (Phi) is 9.32. The summed E-state index contributed by atoms with van der Waals surface area (Å²) >= 11 is 3.52. The van der Waals surface area contributed by atoms with Gasteiger partial charge in [-0.3, -0.25) is 9.59 Å². The standard InChI is InChI=1S/C30H35BrN2O3/c1-21-11-9-16-27(22(21)2)36-20-28(34)33(19-24-14-10-15-25(31)17-24)26(29(35)32-30(3,4)5)18-23-12-7-6-8-13-23/h6-17,26H,18-20H2,1-5H3,(H,32,35)/t26-/m0/s1. The third-order valence-corrected chi connectivity index (χ3v) is 6.41. The average molecular weight is 552 g/mol. The minimum atomic E-state index is -0.708. The first-order valence-electron chi connectivity index (χ1n) is 12.1. The zero-order valence-electron chi connectivity index (χ0n) is 21.7. The first-order valence-corrected chi connectivity index (χ1v) is 12.9. The van der Waals surface area contributed by atoms with Gasteiger partial charge in [0.1, 0.15) is 11.8 Å². The molecule has 1 N–H and O–H groups in total. The van der Waals surface area contributed by atoms with Gasteiger partial charge in [-0.05, 0) is 75.1 Å². The highest BCUT2D eigenvalue weighted by Crippen LogP contribution is 2.22. The van der Waals surface area contributed by atoms with Crippen LogP contribution in [0.1, 0.15) is 43.0 Å². The zero-order chi connectivity index (χ0) is 26.3. The van der Waals surface area contributed by atoms with E-state index in [1.165, 1.54) is 0 Å². The van der Waals surface area contributed by atoms with E-state index in [9.17, 15) is 9.59 Å². The summed E-state index contributed by atoms with van der Waals surface area (Å²) < 4.78 is 6.89. The minimum absolute atomic E-state index is 0.160. The van der Waals surface area contributed by atoms with E-state index in [0.29, 0.717) is 12.2 Å². The highest BCUT2D eigenvalue weighted by molar-refractivity contribution is 9.10. The van der Waals surface area contributed by atoms with Gasteiger partial charge >= 0.3 is 0 Å². The van der Waals surface area contributed by atoms with E-state index >= 15 is 0 Å². The smallest absolute Gasteiger partial charge is 0.261 e. The van der Waals surface area contributed by atoms with Gasteiger partial charge in [0.05, 0.1) is 0 Å². The lowest BCUT2D eigenvalue weighted by Gasteiger charge is -2.34. The monoisotopic (exact) mass is 550 g/mol. The van der Waals surface area contributed by atoms with Crippen molar-refractivity contribution in [3.05, 3.63) is 99.5 Å². The Morgan fingerprint density at radius 2 is 1.61 bits per heavy atom. The number of carbonyl (C=O) groups excluding carboxylic acids is 2. The number of halogens is 1. The highest BCUT2D eigenvalue weighted by atomic mass is 79.9. The van der Waals surface area contributed by atoms with Crippen molar-refractivity contribution in [1.82, 2.24) is 10.2 Å². The molecule has 0 fully saturated rings. The molecule has 0 saturated carbocycles. The van der Waals surface area contributed by atoms with Gasteiger partial charge in [-0.1, -0.05) is 70.5 Å². The summed E-state index contributed by atoms with van der Waals surface area (Å²) in [5.41, 5.74) is 3.55. The van der Waals surface area contributed by atoms with E-state index < -0.39 is 11.6 Å². The van der Waals surface area contributed by atoms with Gasteiger partial charge in [-0.25, -0.2) is 0 Å². The lowest BCUT2D eigenvalue weighted by Crippen LogP contribution is -2.55. The molecule has 3 rings (SSSR count). The van der Waals surface area contributed by atoms with Crippen LogP contribution in [0.3, 0.4) is 0 Å². The summed E-state index contributed by atoms with van der Waals surface area (Å²) in [5.74, 6) is 0.229. The SMILES string of the molecule is Cc1cccc(OCC(=O)N(Cc2cccc(Br)c2)[C@@H](Cc2ccccc2)C(=O)NC(C)(C)C)c1C. The number of hydrogen-bond donors (Lipinski definition) is 1. The van der Waals surface area contributed by atoms with Crippen molar-refractivity contribution < 1.29 is 14.3 Å². The Hall–Kier alpha value is -3.12. The van der Waals surface area contributed by atoms with Crippen molar-refractivity contribution in [1.29, 1.82) is 0 Å². The van der Waals surface area contributed by atoms with Crippen molar-refractivity contribution in [3.63, 3.8) is 0 Å². The number of nitrogens with one attached hydrogen (secondary N) is 1. The van der Waals surface area contributed by atoms with Gasteiger partial charge in [0.15, 0.2) is 6.61 Å². The van der Waals surface area contributed by atoms with Crippen LogP contribution in [-0.4, -0.2) is 34.9 Å². The molecule has 3 aromatic carbocycles. The molecular weight excluding hydrogens is 516 g/mol. The zero-order valence-corrected chi connectivity index (χ0v) is 23.3. The largest absolute Gasteiger partial charge is 0.483 e. The molecule has 0 unspecified atom stereocenters. The first kappa shape index (κ1) is 27.5. The highest BCUT2D eigenvalue weighted by Gasteiger charge is 2.32. The molecule has 190 valence electrons. The van der Waals surface area contributed by atoms with Crippen LogP contribution in [0.2, 0.25) is 0 Å². The molecule has 0 aliphatic carbocycles. The maximum Gasteiger partial charge on any atom is 0.261 e. The molecule has 6 heteroatoms. The summed E-state index contributed by atoms with van der Waals surface area (Å²) in [6, 6.07) is 22.6. The fraction of sp³-hybridized carbons (Fsp3) is 0.333. The second-order valence-electron chi connectivity index (χ2n) is 10.1. The Balaban J connectivity index is 1.95. The average Bonchev–Trinajstić information content (AvgIpc) is 2.81. The Bertz CT molecular complexity index is 1190. The molecule has 0 bridgehead atoms. The normalized spacial score (nSPS) is 12.1. The molecule has 0 radical (unpaired) electrons. The summed E-state index contributed by atoms with van der Waals surface area (Å²) in [6.45, 7) is 9.92. The van der Waals surface area contributed by atoms with Crippen LogP contribution in [0.25, 0.3) is 0 Å². The number of hydrogen-bond acceptors (Lipinski definition) is 3. The maximum absolute atomic E-state index is 13.7. The van der Waals surface area contributed by atoms with Gasteiger partial charge < -0.3 is 15.0 Å². The second-order valence-corrected chi connectivity index (χ2v) is 11.0. The van der Waals surface area contributed by atoms with Crippen LogP contribution >= 0.6 is 15.9 Å². The first-order chi connectivity index (χ1) is 17.0. The van der Waals surface area contributed by atoms with Crippen LogP contribution in [-0.2, 0) is 22.6 Å².